The molecule has 2 aromatic rings. The smallest absolute Gasteiger partial charge is 0.259 e. The van der Waals surface area contributed by atoms with Gasteiger partial charge in [0.25, 0.3) is 5.91 Å². The highest BCUT2D eigenvalue weighted by Crippen LogP contribution is 2.36. The largest absolute Gasteiger partial charge is 0.495 e. The first-order valence-corrected chi connectivity index (χ1v) is 9.57. The number of carbonyl (C=O) groups is 1. The van der Waals surface area contributed by atoms with E-state index < -0.39 is 0 Å². The average Bonchev–Trinajstić information content (AvgIpc) is 2.71. The van der Waals surface area contributed by atoms with Gasteiger partial charge in [-0.1, -0.05) is 19.1 Å². The second-order valence-electron chi connectivity index (χ2n) is 5.73. The van der Waals surface area contributed by atoms with E-state index in [1.807, 2.05) is 37.3 Å². The number of benzene rings is 2. The molecule has 28 heavy (non-hydrogen) atoms. The van der Waals surface area contributed by atoms with Crippen LogP contribution in [-0.4, -0.2) is 39.5 Å². The van der Waals surface area contributed by atoms with Crippen LogP contribution in [-0.2, 0) is 4.79 Å². The molecular weight excluding hydrogens is 426 g/mol. The number of hydrazone groups is 1. The van der Waals surface area contributed by atoms with Gasteiger partial charge in [-0.3, -0.25) is 4.79 Å². The number of amides is 1. The first kappa shape index (κ1) is 21.6. The number of halogens is 1. The summed E-state index contributed by atoms with van der Waals surface area (Å²) in [6.45, 7) is 2.69. The highest BCUT2D eigenvalue weighted by molar-refractivity contribution is 9.10. The lowest BCUT2D eigenvalue weighted by molar-refractivity contribution is -0.119. The molecule has 0 spiro atoms. The molecule has 0 aliphatic heterocycles. The Morgan fingerprint density at radius 3 is 2.64 bits per heavy atom. The summed E-state index contributed by atoms with van der Waals surface area (Å²) in [6.07, 6.45) is 2.44. The molecular formula is C20H24BrN3O4. The van der Waals surface area contributed by atoms with Gasteiger partial charge in [0.15, 0.2) is 11.5 Å². The number of carbonyl (C=O) groups excluding carboxylic acids is 1. The molecule has 0 heterocycles. The van der Waals surface area contributed by atoms with Gasteiger partial charge in [-0.05, 0) is 52.2 Å². The fraction of sp³-hybridized carbons (Fsp3) is 0.300. The fourth-order valence-corrected chi connectivity index (χ4v) is 2.92. The van der Waals surface area contributed by atoms with E-state index in [1.54, 1.807) is 20.3 Å². The van der Waals surface area contributed by atoms with E-state index in [1.165, 1.54) is 6.21 Å². The van der Waals surface area contributed by atoms with Gasteiger partial charge in [0.05, 0.1) is 43.7 Å². The quantitative estimate of drug-likeness (QED) is 0.425. The van der Waals surface area contributed by atoms with Crippen molar-refractivity contribution in [3.05, 3.63) is 46.4 Å². The zero-order chi connectivity index (χ0) is 20.4. The van der Waals surface area contributed by atoms with Crippen molar-refractivity contribution >= 4 is 33.7 Å². The lowest BCUT2D eigenvalue weighted by atomic mass is 10.2. The van der Waals surface area contributed by atoms with E-state index >= 15 is 0 Å². The second kappa shape index (κ2) is 11.2. The van der Waals surface area contributed by atoms with Crippen molar-refractivity contribution in [1.82, 2.24) is 5.43 Å². The number of rotatable bonds is 10. The van der Waals surface area contributed by atoms with Gasteiger partial charge in [-0.25, -0.2) is 5.43 Å². The fourth-order valence-electron chi connectivity index (χ4n) is 2.34. The molecule has 8 heteroatoms. The third kappa shape index (κ3) is 6.16. The molecule has 0 aromatic heterocycles. The first-order valence-electron chi connectivity index (χ1n) is 8.78. The van der Waals surface area contributed by atoms with E-state index in [0.717, 1.165) is 22.1 Å². The normalized spacial score (nSPS) is 10.6. The van der Waals surface area contributed by atoms with Crippen LogP contribution in [0.3, 0.4) is 0 Å². The minimum Gasteiger partial charge on any atom is -0.495 e. The number of hydrogen-bond acceptors (Lipinski definition) is 6. The highest BCUT2D eigenvalue weighted by atomic mass is 79.9. The molecule has 2 N–H and O–H groups in total. The van der Waals surface area contributed by atoms with Crippen molar-refractivity contribution in [2.24, 2.45) is 5.10 Å². The van der Waals surface area contributed by atoms with Crippen LogP contribution in [0.5, 0.6) is 17.2 Å². The highest BCUT2D eigenvalue weighted by Gasteiger charge is 2.11. The molecule has 2 rings (SSSR count). The molecule has 7 nitrogen and oxygen atoms in total. The van der Waals surface area contributed by atoms with Gasteiger partial charge in [0.1, 0.15) is 5.75 Å². The summed E-state index contributed by atoms with van der Waals surface area (Å²) in [5.41, 5.74) is 3.98. The molecule has 0 bridgehead atoms. The molecule has 0 saturated heterocycles. The molecule has 0 aliphatic carbocycles. The third-order valence-corrected chi connectivity index (χ3v) is 4.24. The maximum Gasteiger partial charge on any atom is 0.259 e. The van der Waals surface area contributed by atoms with Crippen LogP contribution in [0.15, 0.2) is 46.0 Å². The molecule has 0 saturated carbocycles. The molecule has 150 valence electrons. The summed E-state index contributed by atoms with van der Waals surface area (Å²) in [5, 5.41) is 7.00. The van der Waals surface area contributed by atoms with Gasteiger partial charge in [-0.15, -0.1) is 0 Å². The topological polar surface area (TPSA) is 81.2 Å². The van der Waals surface area contributed by atoms with Gasteiger partial charge in [-0.2, -0.15) is 5.10 Å². The minimum absolute atomic E-state index is 0.0640. The van der Waals surface area contributed by atoms with Crippen molar-refractivity contribution in [2.75, 3.05) is 32.7 Å². The molecule has 1 amide bonds. The summed E-state index contributed by atoms with van der Waals surface area (Å²) in [6, 6.07) is 11.0. The average molecular weight is 450 g/mol. The van der Waals surface area contributed by atoms with E-state index in [4.69, 9.17) is 14.2 Å². The van der Waals surface area contributed by atoms with Crippen LogP contribution < -0.4 is 25.0 Å². The molecule has 0 radical (unpaired) electrons. The summed E-state index contributed by atoms with van der Waals surface area (Å²) in [7, 11) is 3.16. The standard InChI is InChI=1S/C20H24BrN3O4/c1-4-9-28-20-15(21)10-14(11-18(20)27-3)12-23-24-19(25)13-22-16-7-5-6-8-17(16)26-2/h5-8,10-12,22H,4,9,13H2,1-3H3,(H,24,25)/b23-12+. The summed E-state index contributed by atoms with van der Waals surface area (Å²) >= 11 is 3.48. The zero-order valence-electron chi connectivity index (χ0n) is 16.1. The molecule has 0 unspecified atom stereocenters. The van der Waals surface area contributed by atoms with E-state index in [-0.39, 0.29) is 12.5 Å². The molecule has 2 aromatic carbocycles. The lowest BCUT2D eigenvalue weighted by Gasteiger charge is -2.12. The number of methoxy groups -OCH3 is 2. The maximum atomic E-state index is 12.0. The zero-order valence-corrected chi connectivity index (χ0v) is 17.7. The van der Waals surface area contributed by atoms with Crippen molar-refractivity contribution in [2.45, 2.75) is 13.3 Å². The lowest BCUT2D eigenvalue weighted by Crippen LogP contribution is -2.26. The Morgan fingerprint density at radius 1 is 1.18 bits per heavy atom. The Morgan fingerprint density at radius 2 is 1.93 bits per heavy atom. The number of para-hydroxylation sites is 2. The van der Waals surface area contributed by atoms with E-state index in [9.17, 15) is 4.79 Å². The van der Waals surface area contributed by atoms with Crippen LogP contribution >= 0.6 is 15.9 Å². The van der Waals surface area contributed by atoms with Crippen LogP contribution in [0.2, 0.25) is 0 Å². The van der Waals surface area contributed by atoms with Gasteiger partial charge in [0, 0.05) is 0 Å². The van der Waals surface area contributed by atoms with Crippen molar-refractivity contribution in [3.63, 3.8) is 0 Å². The number of anilines is 1. The van der Waals surface area contributed by atoms with Gasteiger partial charge >= 0.3 is 0 Å². The Hall–Kier alpha value is -2.74. The van der Waals surface area contributed by atoms with Crippen molar-refractivity contribution in [3.8, 4) is 17.2 Å². The monoisotopic (exact) mass is 449 g/mol. The molecule has 0 aliphatic rings. The summed E-state index contributed by atoms with van der Waals surface area (Å²) < 4.78 is 17.1. The minimum atomic E-state index is -0.281. The van der Waals surface area contributed by atoms with Gasteiger partial charge < -0.3 is 19.5 Å². The van der Waals surface area contributed by atoms with E-state index in [0.29, 0.717) is 23.9 Å². The Labute approximate surface area is 173 Å². The van der Waals surface area contributed by atoms with Crippen molar-refractivity contribution in [1.29, 1.82) is 0 Å². The summed E-state index contributed by atoms with van der Waals surface area (Å²) in [4.78, 5) is 12.0. The predicted molar refractivity (Wildman–Crippen MR) is 114 cm³/mol. The first-order chi connectivity index (χ1) is 13.6. The maximum absolute atomic E-state index is 12.0. The van der Waals surface area contributed by atoms with Crippen LogP contribution in [0.25, 0.3) is 0 Å². The van der Waals surface area contributed by atoms with E-state index in [2.05, 4.69) is 31.8 Å². The second-order valence-corrected chi connectivity index (χ2v) is 6.58. The third-order valence-electron chi connectivity index (χ3n) is 3.65. The number of nitrogens with one attached hydrogen (secondary N) is 2. The number of ether oxygens (including phenoxy) is 3. The SMILES string of the molecule is CCCOc1c(Br)cc(/C=N/NC(=O)CNc2ccccc2OC)cc1OC. The molecule has 0 fully saturated rings. The Bertz CT molecular complexity index is 827. The van der Waals surface area contributed by atoms with Crippen molar-refractivity contribution < 1.29 is 19.0 Å². The Kier molecular flexibility index (Phi) is 8.61. The van der Waals surface area contributed by atoms with Crippen LogP contribution in [0, 0.1) is 0 Å². The number of hydrogen-bond donors (Lipinski definition) is 2. The molecule has 0 atom stereocenters. The number of nitrogens with zero attached hydrogens (tertiary/aromatic N) is 1. The van der Waals surface area contributed by atoms with Crippen LogP contribution in [0.4, 0.5) is 5.69 Å². The summed E-state index contributed by atoms with van der Waals surface area (Å²) in [5.74, 6) is 1.62. The van der Waals surface area contributed by atoms with Crippen LogP contribution in [0.1, 0.15) is 18.9 Å². The Balaban J connectivity index is 1.94. The van der Waals surface area contributed by atoms with Gasteiger partial charge in [0.2, 0.25) is 0 Å². The predicted octanol–water partition coefficient (Wildman–Crippen LogP) is 3.82.